The first-order chi connectivity index (χ1) is 71.8. The Bertz CT molecular complexity index is 9650. The SMILES string of the molecule is N#Cc1ccc(-c2c3ccccc3c3c4c(cccc24)-c2cc(-c4ccccn4)ccc2C3(c2ccccc2)c2ccccc2)cc1.N#Cc1ccc2c(c1)-c1cccc3c(-c4ccc5ccc(-c6ccccn6)cc5c4)c4ccccc4c(c13)C2(c1ccccc1)c1ccccc1.N#Cc1ccc2c(c1)C(c1ccccc1)(c1ccccc1)c1c3ccccc3c(-c3ccc(C#N)c4ccccc34)c3cccc-2c13. The molecule has 6 heteroatoms. The Morgan fingerprint density at radius 2 is 0.510 bits per heavy atom. The Labute approximate surface area is 839 Å². The lowest BCUT2D eigenvalue weighted by Crippen LogP contribution is -2.34. The first-order valence-electron chi connectivity index (χ1n) is 49.1. The van der Waals surface area contributed by atoms with Gasteiger partial charge in [0, 0.05) is 28.9 Å². The average molecular weight is 1840 g/mol. The van der Waals surface area contributed by atoms with E-state index in [1.54, 1.807) is 0 Å². The van der Waals surface area contributed by atoms with Crippen LogP contribution in [0.1, 0.15) is 89.0 Å². The van der Waals surface area contributed by atoms with Crippen LogP contribution in [0.25, 0.3) is 175 Å². The fourth-order valence-electron chi connectivity index (χ4n) is 24.8. The van der Waals surface area contributed by atoms with Crippen LogP contribution >= 0.6 is 0 Å². The molecule has 0 unspecified atom stereocenters. The minimum absolute atomic E-state index is 0.601. The van der Waals surface area contributed by atoms with Crippen molar-refractivity contribution in [3.05, 3.63) is 599 Å². The highest BCUT2D eigenvalue weighted by molar-refractivity contribution is 6.26. The molecular formula is C139H84N6. The van der Waals surface area contributed by atoms with E-state index in [1.165, 1.54) is 137 Å². The molecule has 28 rings (SSSR count). The summed E-state index contributed by atoms with van der Waals surface area (Å²) in [6.45, 7) is 0. The van der Waals surface area contributed by atoms with Gasteiger partial charge in [0.25, 0.3) is 0 Å². The smallest absolute Gasteiger partial charge is 0.0998 e. The van der Waals surface area contributed by atoms with Crippen LogP contribution in [0.4, 0.5) is 0 Å². The summed E-state index contributed by atoms with van der Waals surface area (Å²) in [6.07, 6.45) is 3.71. The minimum atomic E-state index is -0.706. The number of nitriles is 4. The number of aromatic nitrogens is 2. The second kappa shape index (κ2) is 35.1. The van der Waals surface area contributed by atoms with Crippen LogP contribution in [0.3, 0.4) is 0 Å². The van der Waals surface area contributed by atoms with E-state index in [0.29, 0.717) is 22.3 Å². The lowest BCUT2D eigenvalue weighted by molar-refractivity contribution is 0.756. The van der Waals surface area contributed by atoms with Crippen LogP contribution in [0, 0.1) is 45.3 Å². The molecule has 0 aliphatic heterocycles. The monoisotopic (exact) mass is 1840 g/mol. The quantitative estimate of drug-likeness (QED) is 0.119. The first kappa shape index (κ1) is 85.8. The van der Waals surface area contributed by atoms with Gasteiger partial charge in [-0.3, -0.25) is 9.97 Å². The molecule has 3 aliphatic rings. The van der Waals surface area contributed by atoms with Crippen molar-refractivity contribution in [3.63, 3.8) is 0 Å². The molecule has 2 aromatic heterocycles. The third-order valence-electron chi connectivity index (χ3n) is 30.6. The lowest BCUT2D eigenvalue weighted by atomic mass is 9.58. The van der Waals surface area contributed by atoms with Gasteiger partial charge in [0.2, 0.25) is 0 Å². The van der Waals surface area contributed by atoms with Gasteiger partial charge >= 0.3 is 0 Å². The summed E-state index contributed by atoms with van der Waals surface area (Å²) in [4.78, 5) is 9.36. The summed E-state index contributed by atoms with van der Waals surface area (Å²) in [5.41, 5.74) is 33.2. The van der Waals surface area contributed by atoms with E-state index in [2.05, 4.69) is 460 Å². The van der Waals surface area contributed by atoms with Crippen LogP contribution < -0.4 is 0 Å². The van der Waals surface area contributed by atoms with E-state index in [-0.39, 0.29) is 0 Å². The summed E-state index contributed by atoms with van der Waals surface area (Å²) >= 11 is 0. The zero-order valence-electron chi connectivity index (χ0n) is 78.7. The van der Waals surface area contributed by atoms with Gasteiger partial charge in [-0.05, 0) is 299 Å². The van der Waals surface area contributed by atoms with Crippen molar-refractivity contribution in [3.8, 4) is 114 Å². The van der Waals surface area contributed by atoms with Crippen molar-refractivity contribution in [2.24, 2.45) is 0 Å². The maximum absolute atomic E-state index is 10.2. The van der Waals surface area contributed by atoms with E-state index in [9.17, 15) is 21.0 Å². The molecule has 670 valence electrons. The lowest BCUT2D eigenvalue weighted by Gasteiger charge is -2.43. The van der Waals surface area contributed by atoms with Gasteiger partial charge in [0.05, 0.1) is 74.2 Å². The largest absolute Gasteiger partial charge is 0.256 e. The predicted molar refractivity (Wildman–Crippen MR) is 593 cm³/mol. The molecule has 145 heavy (non-hydrogen) atoms. The van der Waals surface area contributed by atoms with Gasteiger partial charge in [-0.15, -0.1) is 0 Å². The van der Waals surface area contributed by atoms with Crippen molar-refractivity contribution in [2.45, 2.75) is 16.2 Å². The van der Waals surface area contributed by atoms with E-state index in [0.717, 1.165) is 105 Å². The van der Waals surface area contributed by atoms with Crippen molar-refractivity contribution in [1.82, 2.24) is 9.97 Å². The van der Waals surface area contributed by atoms with Crippen molar-refractivity contribution < 1.29 is 0 Å². The Balaban J connectivity index is 0.000000111. The van der Waals surface area contributed by atoms with Gasteiger partial charge in [-0.1, -0.05) is 413 Å². The van der Waals surface area contributed by atoms with E-state index >= 15 is 0 Å². The van der Waals surface area contributed by atoms with Crippen LogP contribution in [0.2, 0.25) is 0 Å². The summed E-state index contributed by atoms with van der Waals surface area (Å²) in [5, 5.41) is 58.7. The van der Waals surface area contributed by atoms with Crippen molar-refractivity contribution in [2.75, 3.05) is 0 Å². The van der Waals surface area contributed by atoms with Crippen LogP contribution in [0.5, 0.6) is 0 Å². The number of pyridine rings is 2. The normalized spacial score (nSPS) is 12.8. The van der Waals surface area contributed by atoms with Gasteiger partial charge in [0.1, 0.15) is 0 Å². The summed E-state index contributed by atoms with van der Waals surface area (Å²) in [5.74, 6) is 0. The van der Waals surface area contributed by atoms with E-state index in [1.807, 2.05) is 79.1 Å². The standard InChI is InChI=1S/C49H30N2.C45H28N2.C45H26N2/c50-31-32-21-26-44-43(28-32)40-18-11-19-42-46(35-25-23-33-22-24-34(29-36(33)30-35)45-20-9-10-27-51-45)39-16-7-8-17-41(39)48(47(40)42)49(44,37-12-3-1-4-13-37)38-14-5-2-6-15-38;46-29-30-21-23-31(24-22-30)42-35-16-7-8-17-37(35)44-43-36(18-11-19-38(42)43)39-28-32(41-20-9-10-27-47-41)25-26-40(39)45(44,33-12-3-1-4-13-33)34-14-5-2-6-15-34;46-27-29-22-24-35-36-20-11-21-40-42(38-25-23-30(28-47)33-16-7-8-17-34(33)38)37-18-9-10-19-39(37)44(43(36)40)45(41(35)26-29,31-12-3-1-4-13-31)32-14-5-2-6-15-32/h1-30H;1-28H;1-26H. The minimum Gasteiger partial charge on any atom is -0.256 e. The van der Waals surface area contributed by atoms with Gasteiger partial charge in [0.15, 0.2) is 0 Å². The topological polar surface area (TPSA) is 121 Å². The number of hydrogen-bond acceptors (Lipinski definition) is 6. The number of rotatable bonds is 11. The predicted octanol–water partition coefficient (Wildman–Crippen LogP) is 34.0. The fraction of sp³-hybridized carbons (Fsp3) is 0.0216. The molecule has 0 saturated carbocycles. The molecule has 0 spiro atoms. The Morgan fingerprint density at radius 3 is 0.966 bits per heavy atom. The zero-order valence-corrected chi connectivity index (χ0v) is 78.7. The average Bonchev–Trinajstić information content (AvgIpc) is 0.681. The summed E-state index contributed by atoms with van der Waals surface area (Å²) in [6, 6.07) is 187. The summed E-state index contributed by atoms with van der Waals surface area (Å²) < 4.78 is 0. The van der Waals surface area contributed by atoms with Gasteiger partial charge < -0.3 is 0 Å². The second-order valence-corrected chi connectivity index (χ2v) is 37.7. The molecular weight excluding hydrogens is 1750 g/mol. The fourth-order valence-corrected chi connectivity index (χ4v) is 24.8. The molecule has 0 fully saturated rings. The number of nitrogens with zero attached hydrogens (tertiary/aromatic N) is 6. The third kappa shape index (κ3) is 13.3. The Hall–Kier alpha value is -19.6. The highest BCUT2D eigenvalue weighted by atomic mass is 14.7. The molecule has 23 aromatic carbocycles. The number of hydrogen-bond donors (Lipinski definition) is 0. The van der Waals surface area contributed by atoms with Crippen LogP contribution in [-0.2, 0) is 16.2 Å². The van der Waals surface area contributed by atoms with Gasteiger partial charge in [-0.2, -0.15) is 21.0 Å². The molecule has 0 saturated heterocycles. The molecule has 0 amide bonds. The van der Waals surface area contributed by atoms with Crippen molar-refractivity contribution in [1.29, 1.82) is 21.0 Å². The van der Waals surface area contributed by atoms with Gasteiger partial charge in [-0.25, -0.2) is 0 Å². The second-order valence-electron chi connectivity index (χ2n) is 37.7. The third-order valence-corrected chi connectivity index (χ3v) is 30.6. The Morgan fingerprint density at radius 1 is 0.179 bits per heavy atom. The molecule has 3 aliphatic carbocycles. The van der Waals surface area contributed by atoms with Crippen LogP contribution in [-0.4, -0.2) is 9.97 Å². The molecule has 25 aromatic rings. The Kier molecular flexibility index (Phi) is 20.8. The van der Waals surface area contributed by atoms with Crippen LogP contribution in [0.15, 0.2) is 510 Å². The maximum Gasteiger partial charge on any atom is 0.0998 e. The highest BCUT2D eigenvalue weighted by Gasteiger charge is 2.50. The first-order valence-corrected chi connectivity index (χ1v) is 49.1. The molecule has 0 atom stereocenters. The van der Waals surface area contributed by atoms with E-state index < -0.39 is 16.2 Å². The van der Waals surface area contributed by atoms with E-state index in [4.69, 9.17) is 4.98 Å². The summed E-state index contributed by atoms with van der Waals surface area (Å²) in [7, 11) is 0. The molecule has 0 N–H and O–H groups in total. The maximum atomic E-state index is 10.2. The molecule has 6 nitrogen and oxygen atoms in total. The number of fused-ring (bicyclic) bond motifs is 14. The molecule has 0 radical (unpaired) electrons. The zero-order chi connectivity index (χ0) is 96.9. The molecule has 0 bridgehead atoms. The number of benzene rings is 23. The van der Waals surface area contributed by atoms with Crippen molar-refractivity contribution >= 4 is 86.2 Å². The highest BCUT2D eigenvalue weighted by Crippen LogP contribution is 2.64. The molecule has 2 heterocycles.